The number of aliphatic hydroxyl groups is 5. The molecular formula is C31H43NO12. The zero-order valence-corrected chi connectivity index (χ0v) is 25.7. The van der Waals surface area contributed by atoms with Crippen molar-refractivity contribution in [3.63, 3.8) is 0 Å². The molecule has 7 N–H and O–H groups in total. The molecule has 0 aromatic rings. The lowest BCUT2D eigenvalue weighted by molar-refractivity contribution is -0.284. The summed E-state index contributed by atoms with van der Waals surface area (Å²) < 4.78 is 23.6. The molecule has 0 aromatic carbocycles. The molecule has 3 saturated heterocycles. The third kappa shape index (κ3) is 2.68. The van der Waals surface area contributed by atoms with E-state index in [1.54, 1.807) is 6.92 Å². The number of Topliss-reactive ketones (excluding diaryl/α,β-unsaturated/α-hetero) is 1. The lowest BCUT2D eigenvalue weighted by atomic mass is 9.38. The molecule has 0 aromatic heterocycles. The minimum Gasteiger partial charge on any atom is -0.462 e. The average molecular weight is 622 g/mol. The highest BCUT2D eigenvalue weighted by Gasteiger charge is 2.93. The van der Waals surface area contributed by atoms with Gasteiger partial charge in [-0.25, -0.2) is 4.79 Å². The molecule has 0 amide bonds. The summed E-state index contributed by atoms with van der Waals surface area (Å²) in [5.74, 6) is -7.95. The van der Waals surface area contributed by atoms with Crippen molar-refractivity contribution in [1.29, 1.82) is 0 Å². The van der Waals surface area contributed by atoms with Crippen LogP contribution in [0.2, 0.25) is 0 Å². The largest absolute Gasteiger partial charge is 0.462 e. The molecule has 5 saturated carbocycles. The van der Waals surface area contributed by atoms with Crippen LogP contribution in [0.1, 0.15) is 54.4 Å². The second-order valence-corrected chi connectivity index (χ2v) is 15.8. The number of fused-ring (bicyclic) bond motifs is 9. The van der Waals surface area contributed by atoms with Gasteiger partial charge in [-0.3, -0.25) is 9.59 Å². The minimum absolute atomic E-state index is 0.0147. The zero-order chi connectivity index (χ0) is 32.1. The summed E-state index contributed by atoms with van der Waals surface area (Å²) in [7, 11) is 0. The number of aliphatic hydroxyl groups excluding tert-OH is 3. The van der Waals surface area contributed by atoms with Gasteiger partial charge in [0.15, 0.2) is 5.60 Å². The maximum Gasteiger partial charge on any atom is 0.341 e. The first-order valence-corrected chi connectivity index (χ1v) is 15.8. The van der Waals surface area contributed by atoms with Crippen LogP contribution in [-0.4, -0.2) is 109 Å². The summed E-state index contributed by atoms with van der Waals surface area (Å²) in [5, 5.41) is 60.6. The number of carbonyl (C=O) groups excluding carboxylic acids is 3. The second kappa shape index (κ2) is 8.04. The van der Waals surface area contributed by atoms with E-state index >= 15 is 0 Å². The molecule has 8 fully saturated rings. The van der Waals surface area contributed by atoms with E-state index in [0.717, 1.165) is 0 Å². The van der Waals surface area contributed by atoms with E-state index < -0.39 is 129 Å². The van der Waals surface area contributed by atoms with E-state index in [9.17, 15) is 39.9 Å². The minimum atomic E-state index is -2.05. The quantitative estimate of drug-likeness (QED) is 0.151. The molecule has 13 heteroatoms. The number of carbonyl (C=O) groups is 3. The van der Waals surface area contributed by atoms with Crippen molar-refractivity contribution in [2.24, 2.45) is 57.5 Å². The molecule has 8 rings (SSSR count). The normalized spacial score (nSPS) is 65.9. The van der Waals surface area contributed by atoms with Crippen molar-refractivity contribution in [1.82, 2.24) is 0 Å². The van der Waals surface area contributed by atoms with Gasteiger partial charge in [-0.1, -0.05) is 13.8 Å². The summed E-state index contributed by atoms with van der Waals surface area (Å²) in [6.07, 6.45) is -7.07. The number of rotatable bonds is 2. The molecule has 8 aliphatic rings. The molecule has 244 valence electrons. The summed E-state index contributed by atoms with van der Waals surface area (Å²) in [6.45, 7) is 9.39. The van der Waals surface area contributed by atoms with E-state index in [1.807, 2.05) is 13.8 Å². The van der Waals surface area contributed by atoms with Crippen molar-refractivity contribution in [3.05, 3.63) is 0 Å². The van der Waals surface area contributed by atoms with Gasteiger partial charge < -0.3 is 50.2 Å². The fourth-order valence-corrected chi connectivity index (χ4v) is 12.9. The van der Waals surface area contributed by atoms with Crippen LogP contribution in [0.25, 0.3) is 0 Å². The Hall–Kier alpha value is -1.71. The first-order valence-electron chi connectivity index (χ1n) is 15.8. The van der Waals surface area contributed by atoms with Crippen LogP contribution < -0.4 is 5.73 Å². The van der Waals surface area contributed by atoms with Crippen molar-refractivity contribution < 1.29 is 58.9 Å². The first-order chi connectivity index (χ1) is 20.3. The van der Waals surface area contributed by atoms with Gasteiger partial charge in [0.1, 0.15) is 29.7 Å². The highest BCUT2D eigenvalue weighted by molar-refractivity contribution is 5.86. The van der Waals surface area contributed by atoms with Gasteiger partial charge in [-0.05, 0) is 56.8 Å². The van der Waals surface area contributed by atoms with Gasteiger partial charge in [0, 0.05) is 24.7 Å². The van der Waals surface area contributed by atoms with Gasteiger partial charge in [-0.2, -0.15) is 0 Å². The van der Waals surface area contributed by atoms with E-state index in [-0.39, 0.29) is 18.8 Å². The van der Waals surface area contributed by atoms with E-state index in [4.69, 9.17) is 24.7 Å². The molecule has 5 aliphatic carbocycles. The summed E-state index contributed by atoms with van der Waals surface area (Å²) in [5.41, 5.74) is -1.81. The van der Waals surface area contributed by atoms with E-state index in [1.165, 1.54) is 20.8 Å². The third-order valence-corrected chi connectivity index (χ3v) is 14.7. The molecule has 20 atom stereocenters. The highest BCUT2D eigenvalue weighted by atomic mass is 16.8. The van der Waals surface area contributed by atoms with E-state index in [0.29, 0.717) is 0 Å². The lowest BCUT2D eigenvalue weighted by Crippen LogP contribution is -2.82. The fourth-order valence-electron chi connectivity index (χ4n) is 12.9. The molecule has 0 radical (unpaired) electrons. The predicted molar refractivity (Wildman–Crippen MR) is 145 cm³/mol. The van der Waals surface area contributed by atoms with Crippen LogP contribution in [0.5, 0.6) is 0 Å². The molecule has 3 aliphatic heterocycles. The smallest absolute Gasteiger partial charge is 0.341 e. The standard InChI is InChI=1S/C31H43NO12/c1-9-16-18(27(5)28(6,39)25(38)44-31(27)24(9)43-31)20(36)17-15-12(7-14(26(16,17)4)41-11(3)34)30(10(2)33)23(37)21-13(42-21)8-29(30,40)22(32)19(15)35/h9,12-24,35-37,39-40H,7-8,32H2,1-6H3/t9-,12?,13-,14-,15?,16-,17+,18-,19+,20+,21-,22+,23-,24+,26+,27-,28+,29-,30-,31-/m0/s1. The maximum atomic E-state index is 13.9. The van der Waals surface area contributed by atoms with Crippen LogP contribution in [0.4, 0.5) is 0 Å². The lowest BCUT2D eigenvalue weighted by Gasteiger charge is -2.67. The van der Waals surface area contributed by atoms with Crippen molar-refractivity contribution >= 4 is 17.7 Å². The SMILES string of the molecule is CC(=O)O[C@H]1CC2C([C@@H](O)[C@@H](N)[C@@]3(O)C[C@@H]4O[C@@H]4[C@H](O)[C@]23C(C)=O)[C@@H]2[C@@H](O)[C@@H]3[C@H]([C@H](C)[C@H]4O[C@]45OC(=O)[C@@](C)(O)[C@]35C)[C@@]12C. The Balaban J connectivity index is 1.36. The summed E-state index contributed by atoms with van der Waals surface area (Å²) in [4.78, 5) is 39.8. The van der Waals surface area contributed by atoms with Crippen LogP contribution in [-0.2, 0) is 33.3 Å². The zero-order valence-electron chi connectivity index (χ0n) is 25.7. The van der Waals surface area contributed by atoms with Gasteiger partial charge >= 0.3 is 11.9 Å². The Morgan fingerprint density at radius 1 is 1.02 bits per heavy atom. The fraction of sp³-hybridized carbons (Fsp3) is 0.903. The predicted octanol–water partition coefficient (Wildman–Crippen LogP) is -1.62. The van der Waals surface area contributed by atoms with Crippen LogP contribution in [0.3, 0.4) is 0 Å². The van der Waals surface area contributed by atoms with Crippen LogP contribution in [0, 0.1) is 51.8 Å². The Bertz CT molecular complexity index is 1390. The molecule has 13 nitrogen and oxygen atoms in total. The second-order valence-electron chi connectivity index (χ2n) is 15.8. The van der Waals surface area contributed by atoms with Gasteiger partial charge in [-0.15, -0.1) is 0 Å². The number of esters is 2. The summed E-state index contributed by atoms with van der Waals surface area (Å²) >= 11 is 0. The topological polar surface area (TPSA) is 222 Å². The average Bonchev–Trinajstić information content (AvgIpc) is 3.82. The Kier molecular flexibility index (Phi) is 5.42. The first kappa shape index (κ1) is 29.7. The Labute approximate surface area is 254 Å². The number of hydrogen-bond acceptors (Lipinski definition) is 13. The molecule has 3 heterocycles. The third-order valence-electron chi connectivity index (χ3n) is 14.7. The van der Waals surface area contributed by atoms with E-state index in [2.05, 4.69) is 0 Å². The molecule has 1 spiro atoms. The van der Waals surface area contributed by atoms with Crippen molar-refractivity contribution in [3.8, 4) is 0 Å². The number of epoxide rings is 2. The van der Waals surface area contributed by atoms with Gasteiger partial charge in [0.25, 0.3) is 0 Å². The molecule has 2 unspecified atom stereocenters. The Morgan fingerprint density at radius 3 is 2.30 bits per heavy atom. The Morgan fingerprint density at radius 2 is 1.68 bits per heavy atom. The van der Waals surface area contributed by atoms with Crippen LogP contribution >= 0.6 is 0 Å². The number of nitrogens with two attached hydrogens (primary N) is 1. The molecule has 44 heavy (non-hydrogen) atoms. The van der Waals surface area contributed by atoms with Gasteiger partial charge in [0.2, 0.25) is 5.79 Å². The highest BCUT2D eigenvalue weighted by Crippen LogP contribution is 2.80. The maximum absolute atomic E-state index is 13.9. The van der Waals surface area contributed by atoms with Gasteiger partial charge in [0.05, 0.1) is 41.3 Å². The van der Waals surface area contributed by atoms with Crippen LogP contribution in [0.15, 0.2) is 0 Å². The number of ether oxygens (including phenoxy) is 4. The molecule has 0 bridgehead atoms. The monoisotopic (exact) mass is 621 g/mol. The molecular weight excluding hydrogens is 578 g/mol. The number of ketones is 1. The van der Waals surface area contributed by atoms with Crippen molar-refractivity contribution in [2.75, 3.05) is 0 Å². The summed E-state index contributed by atoms with van der Waals surface area (Å²) in [6, 6.07) is -1.38. The number of hydrogen-bond donors (Lipinski definition) is 6. The van der Waals surface area contributed by atoms with Crippen molar-refractivity contribution in [2.45, 2.75) is 120 Å².